The van der Waals surface area contributed by atoms with Crippen molar-refractivity contribution in [1.82, 2.24) is 0 Å². The molecule has 2 aromatic rings. The molecule has 0 radical (unpaired) electrons. The highest BCUT2D eigenvalue weighted by molar-refractivity contribution is 5.50. The summed E-state index contributed by atoms with van der Waals surface area (Å²) < 4.78 is 24.6. The minimum atomic E-state index is -0.551. The summed E-state index contributed by atoms with van der Waals surface area (Å²) in [6.07, 6.45) is 0. The van der Waals surface area contributed by atoms with Crippen LogP contribution in [0.5, 0.6) is 11.5 Å². The summed E-state index contributed by atoms with van der Waals surface area (Å²) in [4.78, 5) is 0. The first kappa shape index (κ1) is 15.3. The highest BCUT2D eigenvalue weighted by atomic mass is 19.1. The van der Waals surface area contributed by atoms with E-state index < -0.39 is 6.04 Å². The van der Waals surface area contributed by atoms with Gasteiger partial charge in [-0.3, -0.25) is 0 Å². The third kappa shape index (κ3) is 3.00. The zero-order valence-electron chi connectivity index (χ0n) is 12.7. The molecule has 0 amide bonds. The van der Waals surface area contributed by atoms with Crippen LogP contribution in [0.2, 0.25) is 0 Å². The topological polar surface area (TPSA) is 44.5 Å². The number of methoxy groups -OCH3 is 2. The van der Waals surface area contributed by atoms with Crippen molar-refractivity contribution in [2.45, 2.75) is 19.9 Å². The minimum absolute atomic E-state index is 0.303. The van der Waals surface area contributed by atoms with Crippen LogP contribution in [0.3, 0.4) is 0 Å². The Balaban J connectivity index is 2.52. The molecule has 1 unspecified atom stereocenters. The van der Waals surface area contributed by atoms with Gasteiger partial charge in [0, 0.05) is 5.56 Å². The number of benzene rings is 2. The first-order valence-electron chi connectivity index (χ1n) is 6.72. The van der Waals surface area contributed by atoms with Crippen LogP contribution in [0.1, 0.15) is 28.3 Å². The molecule has 2 N–H and O–H groups in total. The monoisotopic (exact) mass is 289 g/mol. The molecular weight excluding hydrogens is 269 g/mol. The zero-order chi connectivity index (χ0) is 15.6. The second-order valence-corrected chi connectivity index (χ2v) is 5.07. The molecule has 0 spiro atoms. The summed E-state index contributed by atoms with van der Waals surface area (Å²) in [6, 6.07) is 8.05. The van der Waals surface area contributed by atoms with E-state index in [2.05, 4.69) is 0 Å². The van der Waals surface area contributed by atoms with E-state index in [0.29, 0.717) is 17.1 Å². The third-order valence-electron chi connectivity index (χ3n) is 3.59. The summed E-state index contributed by atoms with van der Waals surface area (Å²) in [5.74, 6) is 0.916. The van der Waals surface area contributed by atoms with Crippen molar-refractivity contribution in [3.63, 3.8) is 0 Å². The van der Waals surface area contributed by atoms with Crippen molar-refractivity contribution in [2.24, 2.45) is 5.73 Å². The molecule has 0 heterocycles. The van der Waals surface area contributed by atoms with Gasteiger partial charge in [0.15, 0.2) is 11.5 Å². The summed E-state index contributed by atoms with van der Waals surface area (Å²) in [5.41, 5.74) is 9.46. The van der Waals surface area contributed by atoms with Crippen LogP contribution in [0.4, 0.5) is 4.39 Å². The maximum absolute atomic E-state index is 14.0. The molecule has 0 aromatic heterocycles. The van der Waals surface area contributed by atoms with Gasteiger partial charge in [-0.15, -0.1) is 0 Å². The molecule has 3 nitrogen and oxygen atoms in total. The summed E-state index contributed by atoms with van der Waals surface area (Å²) in [5, 5.41) is 0. The van der Waals surface area contributed by atoms with Crippen LogP contribution in [0, 0.1) is 19.7 Å². The van der Waals surface area contributed by atoms with Crippen LogP contribution in [0.25, 0.3) is 0 Å². The Labute approximate surface area is 124 Å². The molecule has 2 aromatic carbocycles. The molecule has 1 atom stereocenters. The predicted octanol–water partition coefficient (Wildman–Crippen LogP) is 3.51. The number of ether oxygens (including phenoxy) is 2. The fraction of sp³-hybridized carbons (Fsp3) is 0.294. The van der Waals surface area contributed by atoms with Crippen LogP contribution in [-0.2, 0) is 0 Å². The average Bonchev–Trinajstić information content (AvgIpc) is 2.48. The fourth-order valence-electron chi connectivity index (χ4n) is 2.40. The molecule has 0 aliphatic heterocycles. The van der Waals surface area contributed by atoms with Gasteiger partial charge in [0.05, 0.1) is 20.3 Å². The Hall–Kier alpha value is -2.07. The summed E-state index contributed by atoms with van der Waals surface area (Å²) in [7, 11) is 3.15. The van der Waals surface area contributed by atoms with E-state index in [1.165, 1.54) is 6.07 Å². The van der Waals surface area contributed by atoms with Crippen LogP contribution >= 0.6 is 0 Å². The van der Waals surface area contributed by atoms with E-state index in [1.54, 1.807) is 32.4 Å². The van der Waals surface area contributed by atoms with Crippen molar-refractivity contribution >= 4 is 0 Å². The van der Waals surface area contributed by atoms with Crippen molar-refractivity contribution in [3.05, 3.63) is 58.4 Å². The molecule has 0 saturated heterocycles. The van der Waals surface area contributed by atoms with Crippen LogP contribution in [-0.4, -0.2) is 14.2 Å². The Morgan fingerprint density at radius 2 is 1.57 bits per heavy atom. The predicted molar refractivity (Wildman–Crippen MR) is 81.5 cm³/mol. The van der Waals surface area contributed by atoms with Gasteiger partial charge in [-0.2, -0.15) is 0 Å². The maximum Gasteiger partial charge on any atom is 0.161 e. The molecule has 0 saturated carbocycles. The number of nitrogens with two attached hydrogens (primary N) is 1. The van der Waals surface area contributed by atoms with Crippen molar-refractivity contribution in [1.29, 1.82) is 0 Å². The van der Waals surface area contributed by atoms with Gasteiger partial charge in [0.2, 0.25) is 0 Å². The largest absolute Gasteiger partial charge is 0.493 e. The van der Waals surface area contributed by atoms with E-state index in [9.17, 15) is 4.39 Å². The van der Waals surface area contributed by atoms with E-state index in [4.69, 9.17) is 15.2 Å². The Bertz CT molecular complexity index is 655. The standard InChI is InChI=1S/C17H20FNO2/c1-10-5-6-14(18)13(7-10)17(19)12-9-16(21-4)15(20-3)8-11(12)2/h5-9,17H,19H2,1-4H3. The second kappa shape index (κ2) is 6.14. The third-order valence-corrected chi connectivity index (χ3v) is 3.59. The summed E-state index contributed by atoms with van der Waals surface area (Å²) >= 11 is 0. The van der Waals surface area contributed by atoms with Crippen molar-refractivity contribution < 1.29 is 13.9 Å². The lowest BCUT2D eigenvalue weighted by atomic mass is 9.94. The lowest BCUT2D eigenvalue weighted by Gasteiger charge is -2.19. The van der Waals surface area contributed by atoms with Gasteiger partial charge in [-0.1, -0.05) is 17.7 Å². The first-order chi connectivity index (χ1) is 9.97. The van der Waals surface area contributed by atoms with Gasteiger partial charge < -0.3 is 15.2 Å². The molecule has 4 heteroatoms. The lowest BCUT2D eigenvalue weighted by Crippen LogP contribution is -2.15. The quantitative estimate of drug-likeness (QED) is 0.936. The number of aryl methyl sites for hydroxylation is 2. The molecule has 112 valence electrons. The molecule has 0 aliphatic rings. The highest BCUT2D eigenvalue weighted by Crippen LogP contribution is 2.34. The molecule has 0 aliphatic carbocycles. The number of hydrogen-bond donors (Lipinski definition) is 1. The normalized spacial score (nSPS) is 12.1. The van der Waals surface area contributed by atoms with E-state index in [1.807, 2.05) is 19.9 Å². The van der Waals surface area contributed by atoms with Crippen molar-refractivity contribution in [3.8, 4) is 11.5 Å². The van der Waals surface area contributed by atoms with Gasteiger partial charge in [-0.05, 0) is 43.2 Å². The van der Waals surface area contributed by atoms with E-state index in [-0.39, 0.29) is 5.82 Å². The van der Waals surface area contributed by atoms with Gasteiger partial charge in [0.25, 0.3) is 0 Å². The zero-order valence-corrected chi connectivity index (χ0v) is 12.7. The lowest BCUT2D eigenvalue weighted by molar-refractivity contribution is 0.354. The molecular formula is C17H20FNO2. The minimum Gasteiger partial charge on any atom is -0.493 e. The highest BCUT2D eigenvalue weighted by Gasteiger charge is 2.18. The smallest absolute Gasteiger partial charge is 0.161 e. The van der Waals surface area contributed by atoms with Crippen LogP contribution < -0.4 is 15.2 Å². The molecule has 2 rings (SSSR count). The van der Waals surface area contributed by atoms with Gasteiger partial charge >= 0.3 is 0 Å². The average molecular weight is 289 g/mol. The molecule has 0 bridgehead atoms. The Kier molecular flexibility index (Phi) is 4.48. The number of halogens is 1. The van der Waals surface area contributed by atoms with E-state index in [0.717, 1.165) is 16.7 Å². The van der Waals surface area contributed by atoms with Gasteiger partial charge in [0.1, 0.15) is 5.82 Å². The number of hydrogen-bond acceptors (Lipinski definition) is 3. The molecule has 0 fully saturated rings. The second-order valence-electron chi connectivity index (χ2n) is 5.07. The maximum atomic E-state index is 14.0. The fourth-order valence-corrected chi connectivity index (χ4v) is 2.40. The Morgan fingerprint density at radius 3 is 2.19 bits per heavy atom. The van der Waals surface area contributed by atoms with Crippen LogP contribution in [0.15, 0.2) is 30.3 Å². The first-order valence-corrected chi connectivity index (χ1v) is 6.72. The van der Waals surface area contributed by atoms with E-state index >= 15 is 0 Å². The summed E-state index contributed by atoms with van der Waals surface area (Å²) in [6.45, 7) is 3.84. The van der Waals surface area contributed by atoms with Crippen molar-refractivity contribution in [2.75, 3.05) is 14.2 Å². The number of rotatable bonds is 4. The molecule has 21 heavy (non-hydrogen) atoms. The Morgan fingerprint density at radius 1 is 0.952 bits per heavy atom. The SMILES string of the molecule is COc1cc(C)c(C(N)c2cc(C)ccc2F)cc1OC. The van der Waals surface area contributed by atoms with Gasteiger partial charge in [-0.25, -0.2) is 4.39 Å².